The number of alkyl halides is 3. The highest BCUT2D eigenvalue weighted by molar-refractivity contribution is 5.42. The molecule has 1 rings (SSSR count). The summed E-state index contributed by atoms with van der Waals surface area (Å²) in [6, 6.07) is 3.02. The molecule has 0 saturated heterocycles. The topological polar surface area (TPSA) is 40.5 Å². The summed E-state index contributed by atoms with van der Waals surface area (Å²) in [5, 5.41) is 18.3. The molecule has 1 aromatic carbocycles. The Morgan fingerprint density at radius 1 is 1.29 bits per heavy atom. The van der Waals surface area contributed by atoms with E-state index in [1.807, 2.05) is 0 Å². The molecular weight excluding hydrogens is 197 g/mol. The highest BCUT2D eigenvalue weighted by Crippen LogP contribution is 2.38. The normalized spacial score (nSPS) is 14.1. The second-order valence-corrected chi connectivity index (χ2v) is 2.91. The summed E-state index contributed by atoms with van der Waals surface area (Å²) in [5.41, 5.74) is -1.49. The smallest absolute Gasteiger partial charge is 0.416 e. The van der Waals surface area contributed by atoms with Gasteiger partial charge in [0.25, 0.3) is 0 Å². The number of hydrogen-bond acceptors (Lipinski definition) is 2. The first-order valence-electron chi connectivity index (χ1n) is 3.91. The van der Waals surface area contributed by atoms with Crippen LogP contribution in [0.3, 0.4) is 0 Å². The Labute approximate surface area is 78.6 Å². The summed E-state index contributed by atoms with van der Waals surface area (Å²) >= 11 is 0. The van der Waals surface area contributed by atoms with Crippen molar-refractivity contribution in [2.75, 3.05) is 0 Å². The van der Waals surface area contributed by atoms with Gasteiger partial charge in [-0.25, -0.2) is 0 Å². The lowest BCUT2D eigenvalue weighted by Crippen LogP contribution is -2.10. The number of phenolic OH excluding ortho intramolecular Hbond substituents is 1. The molecule has 1 unspecified atom stereocenters. The molecule has 0 bridgehead atoms. The van der Waals surface area contributed by atoms with Gasteiger partial charge < -0.3 is 10.2 Å². The second kappa shape index (κ2) is 3.49. The predicted molar refractivity (Wildman–Crippen MR) is 43.7 cm³/mol. The lowest BCUT2D eigenvalue weighted by molar-refractivity contribution is -0.139. The van der Waals surface area contributed by atoms with Gasteiger partial charge in [0.05, 0.1) is 11.7 Å². The summed E-state index contributed by atoms with van der Waals surface area (Å²) < 4.78 is 37.1. The standard InChI is InChI=1S/C9H9F3O2/c1-5(13)8-6(9(10,11)12)3-2-4-7(8)14/h2-5,13-14H,1H3. The average molecular weight is 206 g/mol. The number of hydrogen-bond donors (Lipinski definition) is 2. The van der Waals surface area contributed by atoms with Gasteiger partial charge >= 0.3 is 6.18 Å². The van der Waals surface area contributed by atoms with Gasteiger partial charge in [-0.3, -0.25) is 0 Å². The SMILES string of the molecule is CC(O)c1c(O)cccc1C(F)(F)F. The summed E-state index contributed by atoms with van der Waals surface area (Å²) in [6.07, 6.45) is -5.92. The van der Waals surface area contributed by atoms with E-state index in [-0.39, 0.29) is 0 Å². The minimum atomic E-state index is -4.56. The fourth-order valence-corrected chi connectivity index (χ4v) is 1.24. The highest BCUT2D eigenvalue weighted by atomic mass is 19.4. The van der Waals surface area contributed by atoms with E-state index in [2.05, 4.69) is 0 Å². The maximum Gasteiger partial charge on any atom is 0.416 e. The van der Waals surface area contributed by atoms with Gasteiger partial charge in [-0.2, -0.15) is 13.2 Å². The van der Waals surface area contributed by atoms with Gasteiger partial charge in [-0.15, -0.1) is 0 Å². The van der Waals surface area contributed by atoms with Crippen LogP contribution in [0.25, 0.3) is 0 Å². The monoisotopic (exact) mass is 206 g/mol. The fraction of sp³-hybridized carbons (Fsp3) is 0.333. The van der Waals surface area contributed by atoms with Crippen molar-refractivity contribution in [3.63, 3.8) is 0 Å². The van der Waals surface area contributed by atoms with Crippen molar-refractivity contribution in [2.45, 2.75) is 19.2 Å². The molecule has 0 radical (unpaired) electrons. The first-order chi connectivity index (χ1) is 6.34. The molecule has 0 aliphatic carbocycles. The molecule has 0 spiro atoms. The molecule has 1 atom stereocenters. The van der Waals surface area contributed by atoms with Gasteiger partial charge in [-0.05, 0) is 19.1 Å². The molecule has 2 nitrogen and oxygen atoms in total. The van der Waals surface area contributed by atoms with E-state index in [9.17, 15) is 13.2 Å². The quantitative estimate of drug-likeness (QED) is 0.740. The lowest BCUT2D eigenvalue weighted by Gasteiger charge is -2.15. The molecule has 0 heterocycles. The molecule has 14 heavy (non-hydrogen) atoms. The highest BCUT2D eigenvalue weighted by Gasteiger charge is 2.35. The van der Waals surface area contributed by atoms with E-state index in [1.54, 1.807) is 0 Å². The minimum absolute atomic E-state index is 0.486. The van der Waals surface area contributed by atoms with Gasteiger partial charge in [0, 0.05) is 5.56 Å². The van der Waals surface area contributed by atoms with E-state index in [0.29, 0.717) is 0 Å². The third kappa shape index (κ3) is 1.98. The Morgan fingerprint density at radius 3 is 2.21 bits per heavy atom. The van der Waals surface area contributed by atoms with Crippen LogP contribution < -0.4 is 0 Å². The molecule has 0 fully saturated rings. The number of aliphatic hydroxyl groups is 1. The van der Waals surface area contributed by atoms with Gasteiger partial charge in [0.2, 0.25) is 0 Å². The van der Waals surface area contributed by atoms with Crippen LogP contribution in [-0.4, -0.2) is 10.2 Å². The summed E-state index contributed by atoms with van der Waals surface area (Å²) in [4.78, 5) is 0. The number of aromatic hydroxyl groups is 1. The van der Waals surface area contributed by atoms with Crippen molar-refractivity contribution >= 4 is 0 Å². The Hall–Kier alpha value is -1.23. The van der Waals surface area contributed by atoms with Crippen LogP contribution in [0.2, 0.25) is 0 Å². The zero-order chi connectivity index (χ0) is 10.9. The van der Waals surface area contributed by atoms with Crippen LogP contribution >= 0.6 is 0 Å². The van der Waals surface area contributed by atoms with E-state index in [4.69, 9.17) is 10.2 Å². The van der Waals surface area contributed by atoms with Gasteiger partial charge in [0.1, 0.15) is 5.75 Å². The van der Waals surface area contributed by atoms with Crippen LogP contribution in [0.5, 0.6) is 5.75 Å². The Balaban J connectivity index is 3.36. The molecule has 1 aromatic rings. The van der Waals surface area contributed by atoms with Crippen molar-refractivity contribution in [1.29, 1.82) is 0 Å². The second-order valence-electron chi connectivity index (χ2n) is 2.91. The Morgan fingerprint density at radius 2 is 1.86 bits per heavy atom. The molecule has 0 saturated carbocycles. The maximum absolute atomic E-state index is 12.4. The van der Waals surface area contributed by atoms with Crippen LogP contribution in [0.4, 0.5) is 13.2 Å². The first-order valence-corrected chi connectivity index (χ1v) is 3.91. The van der Waals surface area contributed by atoms with E-state index < -0.39 is 29.2 Å². The van der Waals surface area contributed by atoms with E-state index in [0.717, 1.165) is 18.2 Å². The van der Waals surface area contributed by atoms with Crippen LogP contribution in [0, 0.1) is 0 Å². The molecule has 0 aromatic heterocycles. The van der Waals surface area contributed by atoms with Crippen LogP contribution in [-0.2, 0) is 6.18 Å². The third-order valence-corrected chi connectivity index (χ3v) is 1.81. The van der Waals surface area contributed by atoms with Crippen LogP contribution in [0.1, 0.15) is 24.2 Å². The van der Waals surface area contributed by atoms with Gasteiger partial charge in [0.15, 0.2) is 0 Å². The minimum Gasteiger partial charge on any atom is -0.508 e. The van der Waals surface area contributed by atoms with Crippen molar-refractivity contribution in [3.8, 4) is 5.75 Å². The maximum atomic E-state index is 12.4. The third-order valence-electron chi connectivity index (χ3n) is 1.81. The van der Waals surface area contributed by atoms with Gasteiger partial charge in [-0.1, -0.05) is 6.07 Å². The fourth-order valence-electron chi connectivity index (χ4n) is 1.24. The largest absolute Gasteiger partial charge is 0.508 e. The van der Waals surface area contributed by atoms with Crippen molar-refractivity contribution in [1.82, 2.24) is 0 Å². The van der Waals surface area contributed by atoms with Crippen molar-refractivity contribution < 1.29 is 23.4 Å². The Bertz CT molecular complexity index is 331. The zero-order valence-corrected chi connectivity index (χ0v) is 7.34. The summed E-state index contributed by atoms with van der Waals surface area (Å²) in [5.74, 6) is -0.546. The number of aliphatic hydroxyl groups excluding tert-OH is 1. The number of rotatable bonds is 1. The molecule has 78 valence electrons. The molecule has 0 aliphatic rings. The Kier molecular flexibility index (Phi) is 2.71. The molecule has 0 amide bonds. The molecule has 0 aliphatic heterocycles. The van der Waals surface area contributed by atoms with E-state index >= 15 is 0 Å². The van der Waals surface area contributed by atoms with Crippen LogP contribution in [0.15, 0.2) is 18.2 Å². The lowest BCUT2D eigenvalue weighted by atomic mass is 10.0. The number of halogens is 3. The molecular formula is C9H9F3O2. The molecule has 5 heteroatoms. The number of phenols is 1. The average Bonchev–Trinajstić information content (AvgIpc) is 2.01. The summed E-state index contributed by atoms with van der Waals surface area (Å²) in [6.45, 7) is 1.17. The molecule has 2 N–H and O–H groups in total. The predicted octanol–water partition coefficient (Wildman–Crippen LogP) is 2.46. The zero-order valence-electron chi connectivity index (χ0n) is 7.34. The first kappa shape index (κ1) is 10.8. The van der Waals surface area contributed by atoms with Crippen molar-refractivity contribution in [3.05, 3.63) is 29.3 Å². The summed E-state index contributed by atoms with van der Waals surface area (Å²) in [7, 11) is 0. The van der Waals surface area contributed by atoms with Crippen molar-refractivity contribution in [2.24, 2.45) is 0 Å². The van der Waals surface area contributed by atoms with E-state index in [1.165, 1.54) is 6.92 Å². The number of benzene rings is 1.